The van der Waals surface area contributed by atoms with Crippen molar-refractivity contribution in [1.29, 1.82) is 0 Å². The van der Waals surface area contributed by atoms with Crippen molar-refractivity contribution in [3.8, 4) is 0 Å². The van der Waals surface area contributed by atoms with Crippen LogP contribution in [0, 0.1) is 0 Å². The second kappa shape index (κ2) is 8.70. The van der Waals surface area contributed by atoms with Gasteiger partial charge in [-0.2, -0.15) is 0 Å². The Morgan fingerprint density at radius 1 is 0.880 bits per heavy atom. The maximum absolute atomic E-state index is 13.3. The third kappa shape index (κ3) is 3.86. The summed E-state index contributed by atoms with van der Waals surface area (Å²) in [5, 5.41) is 0. The van der Waals surface area contributed by atoms with Crippen molar-refractivity contribution in [2.75, 3.05) is 14.2 Å². The van der Waals surface area contributed by atoms with Crippen molar-refractivity contribution in [3.05, 3.63) is 71.3 Å². The van der Waals surface area contributed by atoms with E-state index in [-0.39, 0.29) is 0 Å². The molecule has 4 heteroatoms. The van der Waals surface area contributed by atoms with E-state index in [0.717, 1.165) is 24.8 Å². The molecule has 0 aliphatic rings. The quantitative estimate of drug-likeness (QED) is 0.392. The van der Waals surface area contributed by atoms with Crippen molar-refractivity contribution >= 4 is 11.6 Å². The zero-order chi connectivity index (χ0) is 18.3. The maximum atomic E-state index is 13.3. The Kier molecular flexibility index (Phi) is 6.62. The van der Waals surface area contributed by atoms with Gasteiger partial charge < -0.3 is 9.47 Å². The molecule has 0 spiro atoms. The SMILES string of the molecule is CCCCc1ccccc1C(=O)C(OC)(OC)C(=O)c1ccccc1. The summed E-state index contributed by atoms with van der Waals surface area (Å²) in [7, 11) is 2.63. The van der Waals surface area contributed by atoms with Gasteiger partial charge in [-0.15, -0.1) is 0 Å². The van der Waals surface area contributed by atoms with Gasteiger partial charge in [-0.05, 0) is 18.4 Å². The van der Waals surface area contributed by atoms with Crippen LogP contribution in [0.2, 0.25) is 0 Å². The van der Waals surface area contributed by atoms with Gasteiger partial charge in [0, 0.05) is 25.3 Å². The highest BCUT2D eigenvalue weighted by Gasteiger charge is 2.48. The van der Waals surface area contributed by atoms with Gasteiger partial charge in [0.15, 0.2) is 0 Å². The van der Waals surface area contributed by atoms with E-state index < -0.39 is 17.4 Å². The van der Waals surface area contributed by atoms with Gasteiger partial charge in [0.05, 0.1) is 0 Å². The summed E-state index contributed by atoms with van der Waals surface area (Å²) in [4.78, 5) is 26.3. The van der Waals surface area contributed by atoms with Crippen LogP contribution in [0.25, 0.3) is 0 Å². The average molecular weight is 340 g/mol. The number of carbonyl (C=O) groups excluding carboxylic acids is 2. The predicted octanol–water partition coefficient (Wildman–Crippen LogP) is 4.08. The van der Waals surface area contributed by atoms with Crippen LogP contribution in [0.1, 0.15) is 46.0 Å². The minimum absolute atomic E-state index is 0.366. The van der Waals surface area contributed by atoms with Gasteiger partial charge >= 0.3 is 0 Å². The number of hydrogen-bond acceptors (Lipinski definition) is 4. The molecule has 0 N–H and O–H groups in total. The molecule has 0 aliphatic carbocycles. The highest BCUT2D eigenvalue weighted by molar-refractivity contribution is 6.21. The molecule has 0 bridgehead atoms. The van der Waals surface area contributed by atoms with Crippen molar-refractivity contribution in [3.63, 3.8) is 0 Å². The first-order valence-electron chi connectivity index (χ1n) is 8.43. The molecule has 0 unspecified atom stereocenters. The zero-order valence-corrected chi connectivity index (χ0v) is 15.0. The third-order valence-corrected chi connectivity index (χ3v) is 4.27. The highest BCUT2D eigenvalue weighted by atomic mass is 16.7. The Labute approximate surface area is 148 Å². The molecule has 4 nitrogen and oxygen atoms in total. The van der Waals surface area contributed by atoms with Crippen LogP contribution in [0.4, 0.5) is 0 Å². The lowest BCUT2D eigenvalue weighted by atomic mass is 9.90. The summed E-state index contributed by atoms with van der Waals surface area (Å²) in [5.74, 6) is -2.96. The molecule has 0 atom stereocenters. The average Bonchev–Trinajstić information content (AvgIpc) is 2.68. The third-order valence-electron chi connectivity index (χ3n) is 4.27. The molecule has 0 saturated heterocycles. The first-order valence-corrected chi connectivity index (χ1v) is 8.43. The van der Waals surface area contributed by atoms with E-state index in [1.165, 1.54) is 14.2 Å². The molecule has 0 aliphatic heterocycles. The molecule has 0 saturated carbocycles. The minimum Gasteiger partial charge on any atom is -0.341 e. The van der Waals surface area contributed by atoms with Crippen LogP contribution in [0.15, 0.2) is 54.6 Å². The van der Waals surface area contributed by atoms with E-state index in [0.29, 0.717) is 11.1 Å². The second-order valence-corrected chi connectivity index (χ2v) is 5.81. The fourth-order valence-corrected chi connectivity index (χ4v) is 2.84. The van der Waals surface area contributed by atoms with Gasteiger partial charge in [0.2, 0.25) is 11.6 Å². The molecule has 0 aromatic heterocycles. The molecule has 2 aromatic rings. The molecule has 132 valence electrons. The Bertz CT molecular complexity index is 718. The monoisotopic (exact) mass is 340 g/mol. The Morgan fingerprint density at radius 2 is 1.48 bits per heavy atom. The molecule has 0 heterocycles. The second-order valence-electron chi connectivity index (χ2n) is 5.81. The number of benzene rings is 2. The number of aryl methyl sites for hydroxylation is 1. The van der Waals surface area contributed by atoms with Gasteiger partial charge in [0.25, 0.3) is 5.79 Å². The first-order chi connectivity index (χ1) is 12.1. The fraction of sp³-hybridized carbons (Fsp3) is 0.333. The summed E-state index contributed by atoms with van der Waals surface area (Å²) in [5.41, 5.74) is 1.73. The van der Waals surface area contributed by atoms with Crippen LogP contribution >= 0.6 is 0 Å². The number of ether oxygens (including phenoxy) is 2. The number of carbonyl (C=O) groups is 2. The van der Waals surface area contributed by atoms with E-state index in [2.05, 4.69) is 6.92 Å². The fourth-order valence-electron chi connectivity index (χ4n) is 2.84. The smallest absolute Gasteiger partial charge is 0.299 e. The van der Waals surface area contributed by atoms with Crippen LogP contribution in [0.5, 0.6) is 0 Å². The molecule has 25 heavy (non-hydrogen) atoms. The lowest BCUT2D eigenvalue weighted by Crippen LogP contribution is -2.50. The number of methoxy groups -OCH3 is 2. The lowest BCUT2D eigenvalue weighted by Gasteiger charge is -2.28. The largest absolute Gasteiger partial charge is 0.341 e. The molecule has 0 fully saturated rings. The zero-order valence-electron chi connectivity index (χ0n) is 15.0. The maximum Gasteiger partial charge on any atom is 0.299 e. The number of hydrogen-bond donors (Lipinski definition) is 0. The summed E-state index contributed by atoms with van der Waals surface area (Å²) < 4.78 is 10.7. The van der Waals surface area contributed by atoms with Crippen LogP contribution in [-0.2, 0) is 15.9 Å². The number of rotatable bonds is 9. The lowest BCUT2D eigenvalue weighted by molar-refractivity contribution is -0.136. The predicted molar refractivity (Wildman–Crippen MR) is 96.9 cm³/mol. The minimum atomic E-state index is -1.98. The van der Waals surface area contributed by atoms with Crippen molar-refractivity contribution in [2.24, 2.45) is 0 Å². The van der Waals surface area contributed by atoms with Gasteiger partial charge in [-0.1, -0.05) is 67.9 Å². The highest BCUT2D eigenvalue weighted by Crippen LogP contribution is 2.26. The van der Waals surface area contributed by atoms with E-state index in [1.807, 2.05) is 12.1 Å². The Balaban J connectivity index is 2.47. The topological polar surface area (TPSA) is 52.6 Å². The summed E-state index contributed by atoms with van der Waals surface area (Å²) in [6, 6.07) is 15.9. The van der Waals surface area contributed by atoms with Crippen LogP contribution in [-0.4, -0.2) is 31.6 Å². The Morgan fingerprint density at radius 3 is 2.08 bits per heavy atom. The Hall–Kier alpha value is -2.30. The van der Waals surface area contributed by atoms with Crippen LogP contribution in [0.3, 0.4) is 0 Å². The summed E-state index contributed by atoms with van der Waals surface area (Å²) >= 11 is 0. The number of ketones is 2. The van der Waals surface area contributed by atoms with E-state index in [9.17, 15) is 9.59 Å². The van der Waals surface area contributed by atoms with Gasteiger partial charge in [0.1, 0.15) is 0 Å². The van der Waals surface area contributed by atoms with Gasteiger partial charge in [-0.25, -0.2) is 0 Å². The van der Waals surface area contributed by atoms with Crippen LogP contribution < -0.4 is 0 Å². The summed E-state index contributed by atoms with van der Waals surface area (Å²) in [6.07, 6.45) is 2.75. The molecular formula is C21H24O4. The normalized spacial score (nSPS) is 11.3. The van der Waals surface area contributed by atoms with E-state index in [4.69, 9.17) is 9.47 Å². The number of Topliss-reactive ketones (excluding diaryl/α,β-unsaturated/α-hetero) is 2. The first kappa shape index (κ1) is 19.0. The van der Waals surface area contributed by atoms with Crippen molar-refractivity contribution in [1.82, 2.24) is 0 Å². The van der Waals surface area contributed by atoms with Crippen molar-refractivity contribution < 1.29 is 19.1 Å². The van der Waals surface area contributed by atoms with Crippen molar-refractivity contribution in [2.45, 2.75) is 32.0 Å². The molecule has 0 amide bonds. The van der Waals surface area contributed by atoms with E-state index in [1.54, 1.807) is 42.5 Å². The standard InChI is InChI=1S/C21H24O4/c1-4-5-11-16-12-9-10-15-18(16)20(23)21(24-2,25-3)19(22)17-13-7-6-8-14-17/h6-10,12-15H,4-5,11H2,1-3H3. The molecular weight excluding hydrogens is 316 g/mol. The molecule has 0 radical (unpaired) electrons. The summed E-state index contributed by atoms with van der Waals surface area (Å²) in [6.45, 7) is 2.10. The molecule has 2 rings (SSSR count). The van der Waals surface area contributed by atoms with Gasteiger partial charge in [-0.3, -0.25) is 9.59 Å². The molecule has 2 aromatic carbocycles. The van der Waals surface area contributed by atoms with E-state index >= 15 is 0 Å². The number of unbranched alkanes of at least 4 members (excludes halogenated alkanes) is 1.